The van der Waals surface area contributed by atoms with E-state index in [-0.39, 0.29) is 5.78 Å². The number of hydrogen-bond donors (Lipinski definition) is 0. The van der Waals surface area contributed by atoms with E-state index in [0.717, 1.165) is 20.0 Å². The van der Waals surface area contributed by atoms with E-state index in [9.17, 15) is 4.79 Å². The average Bonchev–Trinajstić information content (AvgIpc) is 2.77. The van der Waals surface area contributed by atoms with Gasteiger partial charge in [-0.2, -0.15) is 0 Å². The van der Waals surface area contributed by atoms with Crippen LogP contribution in [0.25, 0.3) is 0 Å². The molecule has 1 aromatic carbocycles. The van der Waals surface area contributed by atoms with Gasteiger partial charge in [-0.05, 0) is 34.1 Å². The first-order valence-electron chi connectivity index (χ1n) is 5.11. The Balaban J connectivity index is 2.18. The van der Waals surface area contributed by atoms with Crippen LogP contribution in [-0.2, 0) is 6.42 Å². The predicted molar refractivity (Wildman–Crippen MR) is 73.0 cm³/mol. The third-order valence-electron chi connectivity index (χ3n) is 2.39. The highest BCUT2D eigenvalue weighted by Gasteiger charge is 2.12. The smallest absolute Gasteiger partial charge is 0.177 e. The molecule has 0 N–H and O–H groups in total. The molecule has 1 aromatic heterocycles. The Kier molecular flexibility index (Phi) is 3.97. The van der Waals surface area contributed by atoms with Crippen LogP contribution in [0.1, 0.15) is 15.2 Å². The Hall–Kier alpha value is -1.13. The maximum Gasteiger partial charge on any atom is 0.177 e. The molecule has 1 heterocycles. The number of hydrogen-bond acceptors (Lipinski definition) is 3. The number of para-hydroxylation sites is 1. The summed E-state index contributed by atoms with van der Waals surface area (Å²) in [5.41, 5.74) is 0.921. The molecular weight excluding hydrogens is 300 g/mol. The van der Waals surface area contributed by atoms with Crippen LogP contribution in [0.4, 0.5) is 0 Å². The van der Waals surface area contributed by atoms with Gasteiger partial charge >= 0.3 is 0 Å². The van der Waals surface area contributed by atoms with Crippen molar-refractivity contribution in [1.29, 1.82) is 0 Å². The number of benzene rings is 1. The Morgan fingerprint density at radius 1 is 1.29 bits per heavy atom. The van der Waals surface area contributed by atoms with Crippen LogP contribution in [-0.4, -0.2) is 12.9 Å². The maximum absolute atomic E-state index is 12.0. The largest absolute Gasteiger partial charge is 0.496 e. The van der Waals surface area contributed by atoms with Crippen molar-refractivity contribution in [2.45, 2.75) is 6.42 Å². The van der Waals surface area contributed by atoms with Crippen molar-refractivity contribution in [3.05, 3.63) is 50.6 Å². The van der Waals surface area contributed by atoms with Crippen LogP contribution < -0.4 is 4.74 Å². The molecule has 2 aromatic rings. The fourth-order valence-corrected chi connectivity index (χ4v) is 2.90. The molecule has 2 nitrogen and oxygen atoms in total. The summed E-state index contributed by atoms with van der Waals surface area (Å²) in [6.45, 7) is 0. The third-order valence-corrected chi connectivity index (χ3v) is 4.06. The van der Waals surface area contributed by atoms with Crippen molar-refractivity contribution in [3.63, 3.8) is 0 Å². The van der Waals surface area contributed by atoms with Gasteiger partial charge in [-0.3, -0.25) is 4.79 Å². The van der Waals surface area contributed by atoms with Gasteiger partial charge in [0.1, 0.15) is 5.75 Å². The molecular formula is C13H11BrO2S. The van der Waals surface area contributed by atoms with Crippen molar-refractivity contribution in [3.8, 4) is 5.75 Å². The molecule has 0 atom stereocenters. The van der Waals surface area contributed by atoms with E-state index >= 15 is 0 Å². The van der Waals surface area contributed by atoms with Gasteiger partial charge in [0.2, 0.25) is 0 Å². The molecule has 2 rings (SSSR count). The second kappa shape index (κ2) is 5.47. The molecule has 0 bridgehead atoms. The molecule has 17 heavy (non-hydrogen) atoms. The van der Waals surface area contributed by atoms with Crippen LogP contribution in [0.5, 0.6) is 5.75 Å². The van der Waals surface area contributed by atoms with Crippen LogP contribution in [0.15, 0.2) is 40.2 Å². The second-order valence-corrected chi connectivity index (χ2v) is 5.98. The number of carbonyl (C=O) groups excluding carboxylic acids is 1. The lowest BCUT2D eigenvalue weighted by molar-refractivity contribution is 0.0996. The summed E-state index contributed by atoms with van der Waals surface area (Å²) < 4.78 is 6.20. The van der Waals surface area contributed by atoms with E-state index in [0.29, 0.717) is 6.42 Å². The first-order valence-corrected chi connectivity index (χ1v) is 6.72. The first kappa shape index (κ1) is 12.3. The lowest BCUT2D eigenvalue weighted by Crippen LogP contribution is -2.02. The van der Waals surface area contributed by atoms with Crippen LogP contribution in [0.3, 0.4) is 0 Å². The van der Waals surface area contributed by atoms with Crippen LogP contribution >= 0.6 is 27.3 Å². The summed E-state index contributed by atoms with van der Waals surface area (Å²) in [6.07, 6.45) is 0.372. The molecule has 0 radical (unpaired) electrons. The lowest BCUT2D eigenvalue weighted by Gasteiger charge is -2.06. The van der Waals surface area contributed by atoms with Crippen LogP contribution in [0.2, 0.25) is 0 Å². The first-order chi connectivity index (χ1) is 8.20. The third kappa shape index (κ3) is 2.96. The van der Waals surface area contributed by atoms with Gasteiger partial charge in [-0.25, -0.2) is 0 Å². The quantitative estimate of drug-likeness (QED) is 0.799. The summed E-state index contributed by atoms with van der Waals surface area (Å²) in [6, 6.07) is 11.3. The second-order valence-electron chi connectivity index (χ2n) is 3.52. The van der Waals surface area contributed by atoms with Gasteiger partial charge < -0.3 is 4.74 Å². The SMILES string of the molecule is COc1ccccc1CC(=O)c1ccc(Br)s1. The van der Waals surface area contributed by atoms with E-state index < -0.39 is 0 Å². The van der Waals surface area contributed by atoms with E-state index in [1.165, 1.54) is 11.3 Å². The van der Waals surface area contributed by atoms with Gasteiger partial charge in [0.15, 0.2) is 5.78 Å². The normalized spacial score (nSPS) is 10.2. The topological polar surface area (TPSA) is 26.3 Å². The minimum atomic E-state index is 0.116. The predicted octanol–water partition coefficient (Wildman–Crippen LogP) is 3.94. The van der Waals surface area contributed by atoms with Crippen molar-refractivity contribution in [2.75, 3.05) is 7.11 Å². The minimum Gasteiger partial charge on any atom is -0.496 e. The number of carbonyl (C=O) groups is 1. The number of Topliss-reactive ketones (excluding diaryl/α,β-unsaturated/α-hetero) is 1. The Bertz CT molecular complexity index is 534. The molecule has 0 amide bonds. The number of halogens is 1. The minimum absolute atomic E-state index is 0.116. The van der Waals surface area contributed by atoms with Gasteiger partial charge in [-0.1, -0.05) is 18.2 Å². The Morgan fingerprint density at radius 2 is 2.06 bits per heavy atom. The van der Waals surface area contributed by atoms with Gasteiger partial charge in [0, 0.05) is 12.0 Å². The van der Waals surface area contributed by atoms with Crippen LogP contribution in [0, 0.1) is 0 Å². The van der Waals surface area contributed by atoms with E-state index in [2.05, 4.69) is 15.9 Å². The highest BCUT2D eigenvalue weighted by Crippen LogP contribution is 2.25. The summed E-state index contributed by atoms with van der Waals surface area (Å²) in [4.78, 5) is 12.8. The number of ketones is 1. The van der Waals surface area contributed by atoms with Gasteiger partial charge in [0.05, 0.1) is 15.8 Å². The molecule has 0 spiro atoms. The van der Waals surface area contributed by atoms with Gasteiger partial charge in [-0.15, -0.1) is 11.3 Å². The molecule has 4 heteroatoms. The highest BCUT2D eigenvalue weighted by molar-refractivity contribution is 9.11. The highest BCUT2D eigenvalue weighted by atomic mass is 79.9. The van der Waals surface area contributed by atoms with Crippen molar-refractivity contribution >= 4 is 33.0 Å². The molecule has 0 saturated carbocycles. The zero-order valence-corrected chi connectivity index (χ0v) is 11.7. The summed E-state index contributed by atoms with van der Waals surface area (Å²) in [5.74, 6) is 0.877. The molecule has 0 aliphatic rings. The molecule has 0 aliphatic heterocycles. The maximum atomic E-state index is 12.0. The zero-order chi connectivity index (χ0) is 12.3. The fraction of sp³-hybridized carbons (Fsp3) is 0.154. The summed E-state index contributed by atoms with van der Waals surface area (Å²) in [7, 11) is 1.62. The number of rotatable bonds is 4. The summed E-state index contributed by atoms with van der Waals surface area (Å²) >= 11 is 4.81. The zero-order valence-electron chi connectivity index (χ0n) is 9.27. The fourth-order valence-electron chi connectivity index (χ4n) is 1.57. The number of thiophene rings is 1. The molecule has 0 fully saturated rings. The van der Waals surface area contributed by atoms with E-state index in [4.69, 9.17) is 4.74 Å². The lowest BCUT2D eigenvalue weighted by atomic mass is 10.1. The molecule has 88 valence electrons. The average molecular weight is 311 g/mol. The molecule has 0 unspecified atom stereocenters. The van der Waals surface area contributed by atoms with E-state index in [1.807, 2.05) is 36.4 Å². The monoisotopic (exact) mass is 310 g/mol. The summed E-state index contributed by atoms with van der Waals surface area (Å²) in [5, 5.41) is 0. The Labute approximate surface area is 112 Å². The van der Waals surface area contributed by atoms with E-state index in [1.54, 1.807) is 7.11 Å². The van der Waals surface area contributed by atoms with Gasteiger partial charge in [0.25, 0.3) is 0 Å². The van der Waals surface area contributed by atoms with Crippen molar-refractivity contribution in [2.24, 2.45) is 0 Å². The standard InChI is InChI=1S/C13H11BrO2S/c1-16-11-5-3-2-4-9(11)8-10(15)12-6-7-13(14)17-12/h2-7H,8H2,1H3. The molecule has 0 aliphatic carbocycles. The Morgan fingerprint density at radius 3 is 2.71 bits per heavy atom. The number of methoxy groups -OCH3 is 1. The number of ether oxygens (including phenoxy) is 1. The molecule has 0 saturated heterocycles. The van der Waals surface area contributed by atoms with Crippen molar-refractivity contribution in [1.82, 2.24) is 0 Å². The van der Waals surface area contributed by atoms with Crippen molar-refractivity contribution < 1.29 is 9.53 Å².